The Labute approximate surface area is 444 Å². The minimum Gasteiger partial charge on any atom is -0.424 e. The van der Waals surface area contributed by atoms with Gasteiger partial charge in [-0.3, -0.25) is 0 Å². The first-order valence-electron chi connectivity index (χ1n) is 23.6. The molecular weight excluding hydrogens is 1250 g/mol. The van der Waals surface area contributed by atoms with Crippen molar-refractivity contribution in [2.45, 2.75) is 131 Å². The summed E-state index contributed by atoms with van der Waals surface area (Å²) in [6, 6.07) is 0.882. The topological polar surface area (TPSA) is 271 Å². The molecule has 422 valence electrons. The van der Waals surface area contributed by atoms with Crippen LogP contribution in [0.15, 0.2) is 0 Å². The standard InChI is InChI=1S/2C9H26O12Si8.C5H14NO.C3H10OSi.CH4O/c2*1-9-29-19-26(6)13-23(3)10-22(2)11-24(4,15-26)17-28(8,21-29)18-25(5,12-22)16-27(7,14-23)20-29;1-6(2,3)4-5-7;1-4-5(2)3;1-2/h2*9H2,1-8H3;7H,4-5H2,1-3H3;5H,1-3H3;2H,1H3/q;;+1;;. The fourth-order valence-electron chi connectivity index (χ4n) is 9.49. The molecule has 0 aliphatic carbocycles. The van der Waals surface area contributed by atoms with Crippen LogP contribution in [0.1, 0.15) is 13.8 Å². The molecule has 0 aromatic rings. The van der Waals surface area contributed by atoms with E-state index in [-0.39, 0.29) is 6.61 Å². The van der Waals surface area contributed by atoms with Gasteiger partial charge in [-0.25, -0.2) is 0 Å². The Morgan fingerprint density at radius 1 is 0.333 bits per heavy atom. The quantitative estimate of drug-likeness (QED) is 0.295. The van der Waals surface area contributed by atoms with E-state index in [9.17, 15) is 0 Å². The number of aliphatic hydroxyl groups is 2. The van der Waals surface area contributed by atoms with Gasteiger partial charge in [-0.15, -0.1) is 0 Å². The lowest BCUT2D eigenvalue weighted by Crippen LogP contribution is -2.86. The van der Waals surface area contributed by atoms with Gasteiger partial charge in [0.2, 0.25) is 0 Å². The fraction of sp³-hybridized carbons (Fsp3) is 1.00. The van der Waals surface area contributed by atoms with Gasteiger partial charge in [-0.2, -0.15) is 0 Å². The van der Waals surface area contributed by atoms with E-state index in [1.807, 2.05) is 13.8 Å². The third kappa shape index (κ3) is 14.8. The van der Waals surface area contributed by atoms with E-state index in [0.717, 1.165) is 18.1 Å². The van der Waals surface area contributed by atoms with E-state index in [0.29, 0.717) is 12.1 Å². The normalized spacial score (nSPS) is 53.6. The molecule has 12 fully saturated rings. The largest absolute Gasteiger partial charge is 0.478 e. The zero-order valence-corrected chi connectivity index (χ0v) is 63.1. The van der Waals surface area contributed by atoms with Gasteiger partial charge in [0, 0.05) is 118 Å². The van der Waals surface area contributed by atoms with E-state index < -0.39 is 150 Å². The van der Waals surface area contributed by atoms with Crippen molar-refractivity contribution in [1.82, 2.24) is 0 Å². The predicted octanol–water partition coefficient (Wildman–Crippen LogP) is 2.30. The number of hydrogen-bond acceptors (Lipinski definition) is 27. The highest BCUT2D eigenvalue weighted by Gasteiger charge is 2.81. The van der Waals surface area contributed by atoms with Gasteiger partial charge in [0.1, 0.15) is 6.54 Å². The summed E-state index contributed by atoms with van der Waals surface area (Å²) in [6.07, 6.45) is 0. The maximum Gasteiger partial charge on any atom is 0.478 e. The summed E-state index contributed by atoms with van der Waals surface area (Å²) in [5.41, 5.74) is 0. The molecule has 2 N–H and O–H groups in total. The lowest BCUT2D eigenvalue weighted by atomic mass is 10.5. The Bertz CT molecular complexity index is 1630. The number of hydrogen-bond donors (Lipinski definition) is 2. The molecule has 12 aliphatic heterocycles. The number of quaternary nitrogens is 1. The van der Waals surface area contributed by atoms with Crippen molar-refractivity contribution in [2.75, 3.05) is 48.5 Å². The molecular formula is C27H80NO27Si17+. The minimum absolute atomic E-state index is 0.281. The van der Waals surface area contributed by atoms with E-state index in [2.05, 4.69) is 34.2 Å². The van der Waals surface area contributed by atoms with Gasteiger partial charge in [-0.1, -0.05) is 13.8 Å². The molecule has 0 aromatic carbocycles. The second-order valence-corrected chi connectivity index (χ2v) is 71.1. The Morgan fingerprint density at radius 2 is 0.458 bits per heavy atom. The highest BCUT2D eigenvalue weighted by Crippen LogP contribution is 2.51. The maximum absolute atomic E-state index is 8.39. The first-order valence-corrected chi connectivity index (χ1v) is 61.4. The van der Waals surface area contributed by atoms with Gasteiger partial charge < -0.3 is 118 Å². The second-order valence-electron chi connectivity index (χ2n) is 20.6. The Hall–Kier alpha value is 2.57. The van der Waals surface area contributed by atoms with Crippen LogP contribution in [0, 0.1) is 0 Å². The first-order chi connectivity index (χ1) is 32.4. The molecule has 12 saturated heterocycles. The highest BCUT2D eigenvalue weighted by atomic mass is 28.6. The molecule has 12 rings (SSSR count). The number of rotatable bonds is 5. The molecule has 12 heterocycles. The lowest BCUT2D eigenvalue weighted by molar-refractivity contribution is -0.870. The number of aliphatic hydroxyl groups excluding tert-OH is 2. The van der Waals surface area contributed by atoms with Crippen LogP contribution in [-0.4, -0.2) is 213 Å². The number of likely N-dealkylation sites (N-methyl/N-ethyl adjacent to an activating group) is 1. The zero-order valence-electron chi connectivity index (χ0n) is 46.0. The van der Waals surface area contributed by atoms with Crippen LogP contribution in [0.25, 0.3) is 0 Å². The highest BCUT2D eigenvalue weighted by molar-refractivity contribution is 7.04. The average Bonchev–Trinajstić information content (AvgIpc) is 3.07. The van der Waals surface area contributed by atoms with Gasteiger partial charge in [0.05, 0.1) is 27.7 Å². The third-order valence-corrected chi connectivity index (χ3v) is 83.3. The zero-order chi connectivity index (χ0) is 54.6. The van der Waals surface area contributed by atoms with Crippen LogP contribution in [0.2, 0.25) is 117 Å². The van der Waals surface area contributed by atoms with Crippen molar-refractivity contribution < 1.29 is 118 Å². The molecule has 0 radical (unpaired) electrons. The van der Waals surface area contributed by atoms with Crippen molar-refractivity contribution in [3.8, 4) is 0 Å². The van der Waals surface area contributed by atoms with E-state index in [1.54, 1.807) is 98.8 Å². The van der Waals surface area contributed by atoms with Gasteiger partial charge in [0.25, 0.3) is 0 Å². The SMILES string of the molecule is CC[Si]12O[Si]3(C)O[Si]4(C)O[Si]5(C)O[Si](C)(O3)O[Si](C)(O[Si](C)(O5)O[Si](C)(O4)O1)O2.CC[Si]12O[Si]3(C)O[Si]4(C)O[Si]5(C)O[Si](C)(O3)O[Si](C)(O[Si](C)(O5)O[Si](C)(O4)O1)O2.CO.CO[SiH](C)C.C[N+](C)(C)CCO. The molecule has 12 aliphatic rings. The van der Waals surface area contributed by atoms with E-state index >= 15 is 0 Å². The van der Waals surface area contributed by atoms with Crippen LogP contribution >= 0.6 is 0 Å². The number of nitrogens with zero attached hydrogens (tertiary/aromatic N) is 1. The maximum atomic E-state index is 8.39. The molecule has 0 spiro atoms. The molecule has 72 heavy (non-hydrogen) atoms. The molecule has 0 unspecified atom stereocenters. The fourth-order valence-corrected chi connectivity index (χ4v) is 101. The van der Waals surface area contributed by atoms with Crippen molar-refractivity contribution in [1.29, 1.82) is 0 Å². The second kappa shape index (κ2) is 20.8. The smallest absolute Gasteiger partial charge is 0.424 e. The lowest BCUT2D eigenvalue weighted by Gasteiger charge is -2.60. The van der Waals surface area contributed by atoms with Crippen LogP contribution in [-0.2, 0) is 103 Å². The molecule has 0 atom stereocenters. The van der Waals surface area contributed by atoms with Crippen LogP contribution in [0.3, 0.4) is 0 Å². The average molecular weight is 1330 g/mol. The first kappa shape index (κ1) is 63.7. The van der Waals surface area contributed by atoms with Crippen molar-refractivity contribution in [3.05, 3.63) is 0 Å². The summed E-state index contributed by atoms with van der Waals surface area (Å²) in [5.74, 6) is 0. The molecule has 0 amide bonds. The molecule has 0 saturated carbocycles. The van der Waals surface area contributed by atoms with Gasteiger partial charge in [-0.05, 0) is 13.1 Å². The van der Waals surface area contributed by atoms with Crippen LogP contribution in [0.5, 0.6) is 0 Å². The van der Waals surface area contributed by atoms with E-state index in [4.69, 9.17) is 113 Å². The van der Waals surface area contributed by atoms with Crippen molar-refractivity contribution >= 4 is 150 Å². The summed E-state index contributed by atoms with van der Waals surface area (Å²) < 4.78 is 161. The predicted molar refractivity (Wildman–Crippen MR) is 285 cm³/mol. The van der Waals surface area contributed by atoms with Gasteiger partial charge >= 0.3 is 141 Å². The molecule has 0 aromatic heterocycles. The van der Waals surface area contributed by atoms with Gasteiger partial charge in [0.15, 0.2) is 9.04 Å². The van der Waals surface area contributed by atoms with Crippen LogP contribution < -0.4 is 0 Å². The minimum atomic E-state index is -3.42. The summed E-state index contributed by atoms with van der Waals surface area (Å²) in [6.45, 7) is 33.9. The van der Waals surface area contributed by atoms with E-state index in [1.165, 1.54) is 0 Å². The summed E-state index contributed by atoms with van der Waals surface area (Å²) in [4.78, 5) is 0. The van der Waals surface area contributed by atoms with Crippen molar-refractivity contribution in [2.24, 2.45) is 0 Å². The molecule has 45 heteroatoms. The summed E-state index contributed by atoms with van der Waals surface area (Å²) in [7, 11) is -46.3. The summed E-state index contributed by atoms with van der Waals surface area (Å²) >= 11 is 0. The molecule has 16 bridgehead atoms. The van der Waals surface area contributed by atoms with Crippen molar-refractivity contribution in [3.63, 3.8) is 0 Å². The Balaban J connectivity index is 0.000000187. The summed E-state index contributed by atoms with van der Waals surface area (Å²) in [5, 5.41) is 15.4. The Kier molecular flexibility index (Phi) is 18.4. The Morgan fingerprint density at radius 3 is 0.528 bits per heavy atom. The third-order valence-electron chi connectivity index (χ3n) is 10.8. The monoisotopic (exact) mass is 1330 g/mol. The van der Waals surface area contributed by atoms with Crippen LogP contribution in [0.4, 0.5) is 0 Å². The molecule has 28 nitrogen and oxygen atoms in total.